The summed E-state index contributed by atoms with van der Waals surface area (Å²) in [6, 6.07) is 10.1. The van der Waals surface area contributed by atoms with Gasteiger partial charge in [0.15, 0.2) is 0 Å². The number of aromatic nitrogens is 2. The maximum Gasteiger partial charge on any atom is 0.254 e. The summed E-state index contributed by atoms with van der Waals surface area (Å²) in [4.78, 5) is 53.1. The number of benzene rings is 2. The molecule has 1 unspecified atom stereocenters. The van der Waals surface area contributed by atoms with Crippen LogP contribution in [0.2, 0.25) is 5.02 Å². The monoisotopic (exact) mass is 564 g/mol. The van der Waals surface area contributed by atoms with Crippen molar-refractivity contribution in [1.29, 1.82) is 0 Å². The van der Waals surface area contributed by atoms with E-state index >= 15 is 0 Å². The highest BCUT2D eigenvalue weighted by molar-refractivity contribution is 6.31. The Morgan fingerprint density at radius 1 is 1.18 bits per heavy atom. The molecule has 3 atom stereocenters. The molecule has 3 aromatic rings. The van der Waals surface area contributed by atoms with Crippen LogP contribution in [0, 0.1) is 6.92 Å². The van der Waals surface area contributed by atoms with Gasteiger partial charge in [-0.15, -0.1) is 0 Å². The van der Waals surface area contributed by atoms with Crippen LogP contribution in [0.3, 0.4) is 0 Å². The number of hydrogen-bond acceptors (Lipinski definition) is 6. The topological polar surface area (TPSA) is 102 Å². The highest BCUT2D eigenvalue weighted by Crippen LogP contribution is 2.26. The van der Waals surface area contributed by atoms with Crippen LogP contribution < -0.4 is 5.32 Å². The van der Waals surface area contributed by atoms with E-state index in [1.807, 2.05) is 17.9 Å². The number of aldehydes is 1. The van der Waals surface area contributed by atoms with Crippen molar-refractivity contribution in [3.05, 3.63) is 63.9 Å². The normalized spacial score (nSPS) is 19.3. The van der Waals surface area contributed by atoms with E-state index < -0.39 is 6.04 Å². The number of likely N-dealkylation sites (N-methyl/N-ethyl adjacent to an activating group) is 1. The van der Waals surface area contributed by atoms with Crippen LogP contribution >= 0.6 is 11.6 Å². The Morgan fingerprint density at radius 2 is 1.95 bits per heavy atom. The minimum Gasteiger partial charge on any atom is -0.342 e. The number of likely N-dealkylation sites (tertiary alicyclic amines) is 2. The van der Waals surface area contributed by atoms with Gasteiger partial charge in [0.05, 0.1) is 23.1 Å². The fourth-order valence-electron chi connectivity index (χ4n) is 5.80. The largest absolute Gasteiger partial charge is 0.342 e. The number of carbonyl (C=O) groups excluding carboxylic acids is 3. The number of fused-ring (bicyclic) bond motifs is 1. The quantitative estimate of drug-likeness (QED) is 0.383. The summed E-state index contributed by atoms with van der Waals surface area (Å²) in [6.07, 6.45) is 4.37. The Bertz CT molecular complexity index is 1400. The lowest BCUT2D eigenvalue weighted by atomic mass is 10.0. The van der Waals surface area contributed by atoms with Crippen LogP contribution in [-0.2, 0) is 4.79 Å². The molecule has 40 heavy (non-hydrogen) atoms. The van der Waals surface area contributed by atoms with Gasteiger partial charge in [-0.05, 0) is 88.7 Å². The number of rotatable bonds is 9. The van der Waals surface area contributed by atoms with Gasteiger partial charge in [0.2, 0.25) is 0 Å². The molecule has 0 bridgehead atoms. The SMILES string of the molecule is Cc1cc(C(=O)N[C@@H](CC(C=O)N2CC[C@H](N(C)C)C2)c2nc3cc(Cl)ccc3[nH]2)ccc1C(=O)N1CCCC1. The minimum atomic E-state index is -0.543. The molecule has 0 spiro atoms. The molecule has 2 N–H and O–H groups in total. The average molecular weight is 565 g/mol. The van der Waals surface area contributed by atoms with Gasteiger partial charge in [-0.3, -0.25) is 14.5 Å². The van der Waals surface area contributed by atoms with Crippen molar-refractivity contribution in [2.45, 2.75) is 50.7 Å². The van der Waals surface area contributed by atoms with Crippen molar-refractivity contribution < 1.29 is 14.4 Å². The van der Waals surface area contributed by atoms with E-state index in [1.54, 1.807) is 30.3 Å². The number of H-pyrrole nitrogens is 1. The number of imidazole rings is 1. The molecule has 1 aromatic heterocycles. The Balaban J connectivity index is 1.39. The fraction of sp³-hybridized carbons (Fsp3) is 0.467. The van der Waals surface area contributed by atoms with E-state index in [9.17, 15) is 14.4 Å². The van der Waals surface area contributed by atoms with E-state index in [1.165, 1.54) is 0 Å². The molecule has 3 heterocycles. The van der Waals surface area contributed by atoms with Crippen molar-refractivity contribution in [3.8, 4) is 0 Å². The van der Waals surface area contributed by atoms with Gasteiger partial charge in [-0.1, -0.05) is 11.6 Å². The van der Waals surface area contributed by atoms with E-state index in [2.05, 4.69) is 34.2 Å². The Morgan fingerprint density at radius 3 is 2.62 bits per heavy atom. The average Bonchev–Trinajstić information content (AvgIpc) is 3.71. The lowest BCUT2D eigenvalue weighted by molar-refractivity contribution is -0.112. The van der Waals surface area contributed by atoms with Crippen LogP contribution in [0.5, 0.6) is 0 Å². The Labute approximate surface area is 239 Å². The molecule has 0 saturated carbocycles. The first-order valence-corrected chi connectivity index (χ1v) is 14.3. The molecule has 2 aliphatic heterocycles. The van der Waals surface area contributed by atoms with Crippen LogP contribution in [0.4, 0.5) is 0 Å². The summed E-state index contributed by atoms with van der Waals surface area (Å²) in [7, 11) is 4.11. The fourth-order valence-corrected chi connectivity index (χ4v) is 5.97. The molecule has 9 nitrogen and oxygen atoms in total. The van der Waals surface area contributed by atoms with Gasteiger partial charge >= 0.3 is 0 Å². The number of carbonyl (C=O) groups is 3. The van der Waals surface area contributed by atoms with Crippen molar-refractivity contribution in [2.75, 3.05) is 40.3 Å². The molecule has 2 amide bonds. The van der Waals surface area contributed by atoms with Gasteiger partial charge in [-0.25, -0.2) is 4.98 Å². The first-order chi connectivity index (χ1) is 19.2. The third-order valence-electron chi connectivity index (χ3n) is 8.24. The lowest BCUT2D eigenvalue weighted by Crippen LogP contribution is -2.41. The van der Waals surface area contributed by atoms with Crippen LogP contribution in [-0.4, -0.2) is 95.1 Å². The number of aromatic amines is 1. The second-order valence-corrected chi connectivity index (χ2v) is 11.6. The van der Waals surface area contributed by atoms with Gasteiger partial charge < -0.3 is 24.9 Å². The van der Waals surface area contributed by atoms with Gasteiger partial charge in [-0.2, -0.15) is 0 Å². The Kier molecular flexibility index (Phi) is 8.54. The van der Waals surface area contributed by atoms with E-state index in [-0.39, 0.29) is 17.9 Å². The minimum absolute atomic E-state index is 0.0104. The van der Waals surface area contributed by atoms with E-state index in [0.717, 1.165) is 62.8 Å². The van der Waals surface area contributed by atoms with Crippen molar-refractivity contribution in [3.63, 3.8) is 0 Å². The van der Waals surface area contributed by atoms with Crippen LogP contribution in [0.1, 0.15) is 63.8 Å². The summed E-state index contributed by atoms with van der Waals surface area (Å²) >= 11 is 6.19. The molecule has 2 aliphatic rings. The van der Waals surface area contributed by atoms with Crippen molar-refractivity contribution in [2.24, 2.45) is 0 Å². The van der Waals surface area contributed by atoms with E-state index in [4.69, 9.17) is 16.6 Å². The molecular formula is C30H37ClN6O3. The highest BCUT2D eigenvalue weighted by atomic mass is 35.5. The van der Waals surface area contributed by atoms with Crippen molar-refractivity contribution >= 4 is 40.7 Å². The number of hydrogen-bond donors (Lipinski definition) is 2. The smallest absolute Gasteiger partial charge is 0.254 e. The van der Waals surface area contributed by atoms with Gasteiger partial charge in [0.1, 0.15) is 12.1 Å². The lowest BCUT2D eigenvalue weighted by Gasteiger charge is -2.28. The number of nitrogens with one attached hydrogen (secondary N) is 2. The summed E-state index contributed by atoms with van der Waals surface area (Å²) < 4.78 is 0. The highest BCUT2D eigenvalue weighted by Gasteiger charge is 2.32. The summed E-state index contributed by atoms with van der Waals surface area (Å²) in [5.41, 5.74) is 3.33. The molecule has 2 saturated heterocycles. The maximum atomic E-state index is 13.5. The molecule has 2 fully saturated rings. The molecule has 2 aromatic carbocycles. The number of aryl methyl sites for hydroxylation is 1. The molecule has 5 rings (SSSR count). The van der Waals surface area contributed by atoms with Gasteiger partial charge in [0, 0.05) is 48.4 Å². The van der Waals surface area contributed by atoms with Crippen molar-refractivity contribution in [1.82, 2.24) is 30.0 Å². The number of nitrogens with zero attached hydrogens (tertiary/aromatic N) is 4. The third-order valence-corrected chi connectivity index (χ3v) is 8.47. The van der Waals surface area contributed by atoms with E-state index in [0.29, 0.717) is 40.0 Å². The molecule has 10 heteroatoms. The predicted molar refractivity (Wildman–Crippen MR) is 156 cm³/mol. The second kappa shape index (κ2) is 12.1. The molecular weight excluding hydrogens is 528 g/mol. The number of halogens is 1. The first-order valence-electron chi connectivity index (χ1n) is 13.9. The summed E-state index contributed by atoms with van der Waals surface area (Å²) in [5, 5.41) is 3.69. The Hall–Kier alpha value is -3.27. The van der Waals surface area contributed by atoms with Crippen LogP contribution in [0.15, 0.2) is 36.4 Å². The maximum absolute atomic E-state index is 13.5. The molecule has 0 aliphatic carbocycles. The second-order valence-electron chi connectivity index (χ2n) is 11.2. The number of amides is 2. The summed E-state index contributed by atoms with van der Waals surface area (Å²) in [6.45, 7) is 5.01. The third kappa shape index (κ3) is 6.06. The van der Waals surface area contributed by atoms with Crippen LogP contribution in [0.25, 0.3) is 11.0 Å². The predicted octanol–water partition coefficient (Wildman–Crippen LogP) is 3.83. The summed E-state index contributed by atoms with van der Waals surface area (Å²) in [5.74, 6) is 0.290. The first kappa shape index (κ1) is 28.3. The zero-order valence-corrected chi connectivity index (χ0v) is 24.1. The zero-order valence-electron chi connectivity index (χ0n) is 23.3. The zero-order chi connectivity index (χ0) is 28.4. The standard InChI is InChI=1S/C30H37ClN6O3/c1-19-14-20(6-8-24(19)30(40)36-11-4-5-12-36)29(39)34-27(28-32-25-9-7-21(31)15-26(25)33-28)16-23(18-38)37-13-10-22(17-37)35(2)3/h6-9,14-15,18,22-23,27H,4-5,10-13,16-17H2,1-3H3,(H,32,33)(H,34,39)/t22-,23?,27-/m0/s1. The molecule has 0 radical (unpaired) electrons. The van der Waals surface area contributed by atoms with Gasteiger partial charge in [0.25, 0.3) is 11.8 Å². The molecule has 212 valence electrons.